The molecule has 1 unspecified atom stereocenters. The van der Waals surface area contributed by atoms with Gasteiger partial charge in [-0.1, -0.05) is 42.5 Å². The van der Waals surface area contributed by atoms with Gasteiger partial charge in [0.2, 0.25) is 0 Å². The predicted molar refractivity (Wildman–Crippen MR) is 104 cm³/mol. The van der Waals surface area contributed by atoms with E-state index in [0.29, 0.717) is 0 Å². The Hall–Kier alpha value is -1.93. The van der Waals surface area contributed by atoms with Crippen LogP contribution in [-0.4, -0.2) is 25.5 Å². The zero-order valence-electron chi connectivity index (χ0n) is 15.6. The summed E-state index contributed by atoms with van der Waals surface area (Å²) in [4.78, 5) is 2.23. The molecule has 0 fully saturated rings. The van der Waals surface area contributed by atoms with E-state index in [0.717, 1.165) is 37.8 Å². The molecule has 2 heteroatoms. The average Bonchev–Trinajstić information content (AvgIpc) is 2.94. The summed E-state index contributed by atoms with van der Waals surface area (Å²) in [6.45, 7) is 7.20. The molecule has 0 radical (unpaired) electrons. The summed E-state index contributed by atoms with van der Waals surface area (Å²) in [6, 6.07) is 13.9. The molecule has 1 aliphatic rings. The highest BCUT2D eigenvalue weighted by atomic mass is 19.1. The van der Waals surface area contributed by atoms with Gasteiger partial charge in [-0.25, -0.2) is 4.39 Å². The van der Waals surface area contributed by atoms with Crippen molar-refractivity contribution in [1.82, 2.24) is 4.90 Å². The molecular weight excluding hydrogens is 309 g/mol. The molecule has 0 saturated heterocycles. The Kier molecular flexibility index (Phi) is 5.10. The summed E-state index contributed by atoms with van der Waals surface area (Å²) in [7, 11) is 4.23. The first kappa shape index (κ1) is 17.9. The summed E-state index contributed by atoms with van der Waals surface area (Å²) in [5, 5.41) is 0. The van der Waals surface area contributed by atoms with Gasteiger partial charge in [-0.2, -0.15) is 0 Å². The van der Waals surface area contributed by atoms with E-state index in [1.54, 1.807) is 12.1 Å². The van der Waals surface area contributed by atoms with E-state index in [-0.39, 0.29) is 11.2 Å². The zero-order chi connectivity index (χ0) is 18.0. The van der Waals surface area contributed by atoms with Crippen molar-refractivity contribution in [3.8, 4) is 0 Å². The van der Waals surface area contributed by atoms with Gasteiger partial charge in [0.15, 0.2) is 0 Å². The Morgan fingerprint density at radius 2 is 1.88 bits per heavy atom. The first-order valence-electron chi connectivity index (χ1n) is 9.12. The van der Waals surface area contributed by atoms with Gasteiger partial charge in [-0.05, 0) is 87.6 Å². The lowest BCUT2D eigenvalue weighted by molar-refractivity contribution is 0.359. The molecule has 0 spiro atoms. The maximum atomic E-state index is 13.5. The van der Waals surface area contributed by atoms with Crippen LogP contribution in [0, 0.1) is 5.82 Å². The Balaban J connectivity index is 2.02. The summed E-state index contributed by atoms with van der Waals surface area (Å²) >= 11 is 0. The van der Waals surface area contributed by atoms with E-state index in [1.165, 1.54) is 22.3 Å². The van der Waals surface area contributed by atoms with Crippen molar-refractivity contribution in [2.75, 3.05) is 20.6 Å². The molecule has 132 valence electrons. The fourth-order valence-corrected chi connectivity index (χ4v) is 4.19. The molecule has 1 atom stereocenters. The predicted octanol–water partition coefficient (Wildman–Crippen LogP) is 5.43. The highest BCUT2D eigenvalue weighted by Crippen LogP contribution is 2.48. The minimum absolute atomic E-state index is 0.00660. The number of hydrogen-bond acceptors (Lipinski definition) is 1. The quantitative estimate of drug-likeness (QED) is 0.679. The third-order valence-corrected chi connectivity index (χ3v) is 5.54. The standard InChI is InChI=1S/C23H28FN/c1-17(2)18-6-11-22-19(16-18)12-14-23(22,13-5-15-25(3)4)20-7-9-21(24)10-8-20/h6-11,16H,1,5,12-15H2,2-4H3. The third kappa shape index (κ3) is 3.55. The molecule has 2 aromatic carbocycles. The molecule has 0 heterocycles. The molecule has 0 amide bonds. The molecule has 0 aliphatic heterocycles. The van der Waals surface area contributed by atoms with Crippen LogP contribution in [0.5, 0.6) is 0 Å². The molecule has 25 heavy (non-hydrogen) atoms. The Labute approximate surface area is 151 Å². The highest BCUT2D eigenvalue weighted by molar-refractivity contribution is 5.64. The average molecular weight is 337 g/mol. The van der Waals surface area contributed by atoms with Gasteiger partial charge < -0.3 is 4.90 Å². The summed E-state index contributed by atoms with van der Waals surface area (Å²) < 4.78 is 13.5. The van der Waals surface area contributed by atoms with Crippen LogP contribution in [-0.2, 0) is 11.8 Å². The van der Waals surface area contributed by atoms with Crippen LogP contribution in [0.1, 0.15) is 48.4 Å². The first-order chi connectivity index (χ1) is 11.9. The van der Waals surface area contributed by atoms with Crippen molar-refractivity contribution in [2.24, 2.45) is 0 Å². The first-order valence-corrected chi connectivity index (χ1v) is 9.12. The van der Waals surface area contributed by atoms with E-state index in [1.807, 2.05) is 12.1 Å². The van der Waals surface area contributed by atoms with Crippen molar-refractivity contribution in [1.29, 1.82) is 0 Å². The van der Waals surface area contributed by atoms with Crippen LogP contribution >= 0.6 is 0 Å². The van der Waals surface area contributed by atoms with Crippen molar-refractivity contribution >= 4 is 5.57 Å². The fraction of sp³-hybridized carbons (Fsp3) is 0.391. The monoisotopic (exact) mass is 337 g/mol. The van der Waals surface area contributed by atoms with Gasteiger partial charge in [0.1, 0.15) is 5.82 Å². The number of hydrogen-bond donors (Lipinski definition) is 0. The molecule has 0 bridgehead atoms. The molecule has 3 rings (SSSR count). The summed E-state index contributed by atoms with van der Waals surface area (Å²) in [5.41, 5.74) is 6.43. The van der Waals surface area contributed by atoms with Crippen LogP contribution in [0.25, 0.3) is 5.57 Å². The van der Waals surface area contributed by atoms with Crippen LogP contribution in [0.15, 0.2) is 49.0 Å². The summed E-state index contributed by atoms with van der Waals surface area (Å²) in [6.07, 6.45) is 4.40. The van der Waals surface area contributed by atoms with E-state index >= 15 is 0 Å². The Morgan fingerprint density at radius 1 is 1.16 bits per heavy atom. The van der Waals surface area contributed by atoms with Crippen molar-refractivity contribution in [3.63, 3.8) is 0 Å². The number of nitrogens with zero attached hydrogens (tertiary/aromatic N) is 1. The molecule has 2 aromatic rings. The van der Waals surface area contributed by atoms with E-state index in [4.69, 9.17) is 0 Å². The highest BCUT2D eigenvalue weighted by Gasteiger charge is 2.39. The second-order valence-electron chi connectivity index (χ2n) is 7.65. The van der Waals surface area contributed by atoms with Gasteiger partial charge in [0, 0.05) is 5.41 Å². The van der Waals surface area contributed by atoms with Crippen LogP contribution in [0.4, 0.5) is 4.39 Å². The van der Waals surface area contributed by atoms with Gasteiger partial charge in [0.05, 0.1) is 0 Å². The van der Waals surface area contributed by atoms with Crippen molar-refractivity contribution in [3.05, 3.63) is 77.1 Å². The molecule has 0 saturated carbocycles. The maximum absolute atomic E-state index is 13.5. The minimum Gasteiger partial charge on any atom is -0.309 e. The van der Waals surface area contributed by atoms with Gasteiger partial charge in [-0.3, -0.25) is 0 Å². The van der Waals surface area contributed by atoms with Gasteiger partial charge in [0.25, 0.3) is 0 Å². The zero-order valence-corrected chi connectivity index (χ0v) is 15.6. The molecule has 1 aliphatic carbocycles. The Bertz CT molecular complexity index is 760. The molecule has 0 aromatic heterocycles. The van der Waals surface area contributed by atoms with E-state index in [9.17, 15) is 4.39 Å². The van der Waals surface area contributed by atoms with Crippen LogP contribution < -0.4 is 0 Å². The lowest BCUT2D eigenvalue weighted by Crippen LogP contribution is -2.26. The molecular formula is C23H28FN. The number of allylic oxidation sites excluding steroid dienone is 1. The second kappa shape index (κ2) is 7.13. The van der Waals surface area contributed by atoms with Gasteiger partial charge in [-0.15, -0.1) is 0 Å². The van der Waals surface area contributed by atoms with Gasteiger partial charge >= 0.3 is 0 Å². The maximum Gasteiger partial charge on any atom is 0.123 e. The lowest BCUT2D eigenvalue weighted by Gasteiger charge is -2.32. The van der Waals surface area contributed by atoms with Crippen LogP contribution in [0.3, 0.4) is 0 Å². The lowest BCUT2D eigenvalue weighted by atomic mass is 9.72. The largest absolute Gasteiger partial charge is 0.309 e. The topological polar surface area (TPSA) is 3.24 Å². The smallest absolute Gasteiger partial charge is 0.123 e. The normalized spacial score (nSPS) is 19.2. The minimum atomic E-state index is -0.164. The second-order valence-corrected chi connectivity index (χ2v) is 7.65. The number of aryl methyl sites for hydroxylation is 1. The number of benzene rings is 2. The van der Waals surface area contributed by atoms with Crippen LogP contribution in [0.2, 0.25) is 0 Å². The number of halogens is 1. The number of rotatable bonds is 6. The fourth-order valence-electron chi connectivity index (χ4n) is 4.19. The Morgan fingerprint density at radius 3 is 2.52 bits per heavy atom. The summed E-state index contributed by atoms with van der Waals surface area (Å²) in [5.74, 6) is -0.164. The van der Waals surface area contributed by atoms with Crippen molar-refractivity contribution in [2.45, 2.75) is 38.0 Å². The third-order valence-electron chi connectivity index (χ3n) is 5.54. The SMILES string of the molecule is C=C(C)c1ccc2c(c1)CCC2(CCCN(C)C)c1ccc(F)cc1. The number of fused-ring (bicyclic) bond motifs is 1. The van der Waals surface area contributed by atoms with E-state index in [2.05, 4.69) is 50.7 Å². The molecule has 1 nitrogen and oxygen atoms in total. The van der Waals surface area contributed by atoms with E-state index < -0.39 is 0 Å². The van der Waals surface area contributed by atoms with Crippen molar-refractivity contribution < 1.29 is 4.39 Å². The molecule has 0 N–H and O–H groups in total.